The topological polar surface area (TPSA) is 49.3 Å². The zero-order valence-electron chi connectivity index (χ0n) is 13.9. The van der Waals surface area contributed by atoms with Gasteiger partial charge in [-0.15, -0.1) is 35.3 Å². The van der Waals surface area contributed by atoms with Crippen molar-refractivity contribution in [3.8, 4) is 0 Å². The third-order valence-electron chi connectivity index (χ3n) is 4.02. The van der Waals surface area contributed by atoms with Gasteiger partial charge in [0.1, 0.15) is 5.01 Å². The minimum absolute atomic E-state index is 0. The van der Waals surface area contributed by atoms with Gasteiger partial charge in [-0.05, 0) is 44.9 Å². The number of thiazole rings is 1. The summed E-state index contributed by atoms with van der Waals surface area (Å²) in [6.07, 6.45) is 8.18. The van der Waals surface area contributed by atoms with Crippen molar-refractivity contribution in [2.24, 2.45) is 10.9 Å². The number of hydrogen-bond acceptors (Lipinski definition) is 3. The van der Waals surface area contributed by atoms with E-state index in [1.807, 2.05) is 6.20 Å². The van der Waals surface area contributed by atoms with Gasteiger partial charge in [-0.3, -0.25) is 0 Å². The average Bonchev–Trinajstić information content (AvgIpc) is 2.95. The maximum atomic E-state index is 4.69. The van der Waals surface area contributed by atoms with Crippen molar-refractivity contribution in [2.75, 3.05) is 6.54 Å². The van der Waals surface area contributed by atoms with Gasteiger partial charge >= 0.3 is 0 Å². The zero-order chi connectivity index (χ0) is 15.1. The van der Waals surface area contributed by atoms with Crippen LogP contribution in [-0.4, -0.2) is 23.5 Å². The predicted molar refractivity (Wildman–Crippen MR) is 106 cm³/mol. The first-order valence-corrected chi connectivity index (χ1v) is 9.01. The molecule has 1 aliphatic rings. The first-order chi connectivity index (χ1) is 10.2. The summed E-state index contributed by atoms with van der Waals surface area (Å²) in [6, 6.07) is 0.571. The molecule has 0 saturated heterocycles. The largest absolute Gasteiger partial charge is 0.357 e. The van der Waals surface area contributed by atoms with Crippen molar-refractivity contribution in [2.45, 2.75) is 65.5 Å². The lowest BCUT2D eigenvalue weighted by atomic mass is 9.87. The molecule has 1 heterocycles. The molecule has 126 valence electrons. The van der Waals surface area contributed by atoms with Crippen LogP contribution in [0.2, 0.25) is 0 Å². The molecule has 22 heavy (non-hydrogen) atoms. The molecule has 1 fully saturated rings. The van der Waals surface area contributed by atoms with Crippen LogP contribution >= 0.6 is 35.3 Å². The van der Waals surface area contributed by atoms with Crippen LogP contribution in [0.25, 0.3) is 0 Å². The molecule has 1 aromatic rings. The average molecular weight is 436 g/mol. The molecule has 0 amide bonds. The maximum Gasteiger partial charge on any atom is 0.191 e. The first kappa shape index (κ1) is 19.7. The number of halogens is 1. The third kappa shape index (κ3) is 6.40. The Balaban J connectivity index is 0.00000242. The number of nitrogens with one attached hydrogen (secondary N) is 2. The number of aliphatic imine (C=N–C) groups is 1. The van der Waals surface area contributed by atoms with Gasteiger partial charge in [-0.1, -0.05) is 13.8 Å². The van der Waals surface area contributed by atoms with Crippen LogP contribution < -0.4 is 10.6 Å². The number of aryl methyl sites for hydroxylation is 1. The van der Waals surface area contributed by atoms with E-state index in [4.69, 9.17) is 0 Å². The van der Waals surface area contributed by atoms with Crippen molar-refractivity contribution < 1.29 is 0 Å². The van der Waals surface area contributed by atoms with E-state index >= 15 is 0 Å². The molecule has 0 aliphatic heterocycles. The fourth-order valence-electron chi connectivity index (χ4n) is 2.65. The molecule has 1 aliphatic carbocycles. The van der Waals surface area contributed by atoms with Crippen molar-refractivity contribution >= 4 is 41.3 Å². The van der Waals surface area contributed by atoms with Crippen LogP contribution in [0.5, 0.6) is 0 Å². The molecule has 1 aromatic heterocycles. The zero-order valence-corrected chi connectivity index (χ0v) is 17.0. The smallest absolute Gasteiger partial charge is 0.191 e. The molecular weight excluding hydrogens is 407 g/mol. The number of hydrogen-bond donors (Lipinski definition) is 2. The number of nitrogens with zero attached hydrogens (tertiary/aromatic N) is 2. The Hall–Kier alpha value is -0.370. The molecule has 6 heteroatoms. The van der Waals surface area contributed by atoms with Gasteiger partial charge < -0.3 is 10.6 Å². The van der Waals surface area contributed by atoms with Crippen molar-refractivity contribution in [1.82, 2.24) is 15.6 Å². The second-order valence-electron chi connectivity index (χ2n) is 5.87. The van der Waals surface area contributed by atoms with Crippen LogP contribution in [-0.2, 0) is 13.0 Å². The second-order valence-corrected chi connectivity index (χ2v) is 7.07. The van der Waals surface area contributed by atoms with Gasteiger partial charge in [0.2, 0.25) is 0 Å². The summed E-state index contributed by atoms with van der Waals surface area (Å²) in [5.74, 6) is 1.82. The van der Waals surface area contributed by atoms with Crippen LogP contribution in [0.15, 0.2) is 11.2 Å². The summed E-state index contributed by atoms with van der Waals surface area (Å²) in [4.78, 5) is 10.5. The molecular formula is C16H29IN4S. The van der Waals surface area contributed by atoms with E-state index in [1.165, 1.54) is 30.6 Å². The standard InChI is InChI=1S/C16H28N4S.HI/c1-4-14-10-18-15(21-14)11-19-16(17-5-2)20-13-8-6-12(3)7-9-13;/h10,12-13H,4-9,11H2,1-3H3,(H2,17,19,20);1H. The molecule has 4 nitrogen and oxygen atoms in total. The second kappa shape index (κ2) is 10.4. The van der Waals surface area contributed by atoms with E-state index in [2.05, 4.69) is 41.4 Å². The van der Waals surface area contributed by atoms with Gasteiger partial charge in [0, 0.05) is 23.7 Å². The molecule has 1 saturated carbocycles. The molecule has 0 atom stereocenters. The van der Waals surface area contributed by atoms with E-state index < -0.39 is 0 Å². The molecule has 0 bridgehead atoms. The quantitative estimate of drug-likeness (QED) is 0.418. The Kier molecular flexibility index (Phi) is 9.31. The lowest BCUT2D eigenvalue weighted by molar-refractivity contribution is 0.329. The van der Waals surface area contributed by atoms with Crippen molar-refractivity contribution in [3.05, 3.63) is 16.1 Å². The van der Waals surface area contributed by atoms with Crippen LogP contribution in [0, 0.1) is 5.92 Å². The summed E-state index contributed by atoms with van der Waals surface area (Å²) in [6.45, 7) is 8.19. The number of rotatable bonds is 5. The highest BCUT2D eigenvalue weighted by Crippen LogP contribution is 2.23. The minimum atomic E-state index is 0. The maximum absolute atomic E-state index is 4.69. The van der Waals surface area contributed by atoms with Gasteiger partial charge in [-0.2, -0.15) is 0 Å². The monoisotopic (exact) mass is 436 g/mol. The van der Waals surface area contributed by atoms with Gasteiger partial charge in [-0.25, -0.2) is 9.98 Å². The Morgan fingerprint density at radius 1 is 1.32 bits per heavy atom. The lowest BCUT2D eigenvalue weighted by Crippen LogP contribution is -2.44. The van der Waals surface area contributed by atoms with E-state index in [0.717, 1.165) is 29.9 Å². The lowest BCUT2D eigenvalue weighted by Gasteiger charge is -2.28. The first-order valence-electron chi connectivity index (χ1n) is 8.19. The summed E-state index contributed by atoms with van der Waals surface area (Å²) >= 11 is 1.77. The molecule has 0 aromatic carbocycles. The molecule has 0 radical (unpaired) electrons. The van der Waals surface area contributed by atoms with Crippen molar-refractivity contribution in [3.63, 3.8) is 0 Å². The minimum Gasteiger partial charge on any atom is -0.357 e. The van der Waals surface area contributed by atoms with E-state index in [9.17, 15) is 0 Å². The highest BCUT2D eigenvalue weighted by Gasteiger charge is 2.18. The summed E-state index contributed by atoms with van der Waals surface area (Å²) in [5, 5.41) is 8.03. The van der Waals surface area contributed by atoms with Crippen LogP contribution in [0.4, 0.5) is 0 Å². The molecule has 0 spiro atoms. The fraction of sp³-hybridized carbons (Fsp3) is 0.750. The van der Waals surface area contributed by atoms with Gasteiger partial charge in [0.25, 0.3) is 0 Å². The predicted octanol–water partition coefficient (Wildman–Crippen LogP) is 3.96. The van der Waals surface area contributed by atoms with Crippen LogP contribution in [0.3, 0.4) is 0 Å². The molecule has 2 rings (SSSR count). The van der Waals surface area contributed by atoms with Crippen molar-refractivity contribution in [1.29, 1.82) is 0 Å². The van der Waals surface area contributed by atoms with E-state index in [0.29, 0.717) is 12.6 Å². The fourth-order valence-corrected chi connectivity index (χ4v) is 3.44. The van der Waals surface area contributed by atoms with E-state index in [-0.39, 0.29) is 24.0 Å². The normalized spacial score (nSPS) is 22.0. The summed E-state index contributed by atoms with van der Waals surface area (Å²) in [5.41, 5.74) is 0. The van der Waals surface area contributed by atoms with E-state index in [1.54, 1.807) is 11.3 Å². The number of guanidine groups is 1. The summed E-state index contributed by atoms with van der Waals surface area (Å²) in [7, 11) is 0. The van der Waals surface area contributed by atoms with Gasteiger partial charge in [0.15, 0.2) is 5.96 Å². The Morgan fingerprint density at radius 3 is 2.64 bits per heavy atom. The van der Waals surface area contributed by atoms with Gasteiger partial charge in [0.05, 0.1) is 6.54 Å². The summed E-state index contributed by atoms with van der Waals surface area (Å²) < 4.78 is 0. The molecule has 2 N–H and O–H groups in total. The highest BCUT2D eigenvalue weighted by atomic mass is 127. The Labute approximate surface area is 155 Å². The SMILES string of the molecule is CCNC(=NCc1ncc(CC)s1)NC1CCC(C)CC1.I. The third-order valence-corrected chi connectivity index (χ3v) is 5.15. The molecule has 0 unspecified atom stereocenters. The van der Waals surface area contributed by atoms with Crippen LogP contribution in [0.1, 0.15) is 56.3 Å². The Bertz CT molecular complexity index is 453. The Morgan fingerprint density at radius 2 is 2.05 bits per heavy atom. The number of aromatic nitrogens is 1. The highest BCUT2D eigenvalue weighted by molar-refractivity contribution is 14.0.